The van der Waals surface area contributed by atoms with E-state index in [1.54, 1.807) is 0 Å². The predicted molar refractivity (Wildman–Crippen MR) is 72.2 cm³/mol. The molecule has 0 radical (unpaired) electrons. The fraction of sp³-hybridized carbons (Fsp3) is 0.188. The standard InChI is InChI=1S/C16H16O2/c17-13-18-12-4-5-14-8-10-16(11-9-14)15-6-2-1-3-7-15/h1-3,6-11,13H,4-5,12H2. The van der Waals surface area contributed by atoms with Crippen molar-refractivity contribution in [2.45, 2.75) is 12.8 Å². The Bertz CT molecular complexity index is 474. The molecule has 2 rings (SSSR count). The number of carbonyl (C=O) groups is 1. The number of hydrogen-bond acceptors (Lipinski definition) is 2. The Hall–Kier alpha value is -2.09. The van der Waals surface area contributed by atoms with Crippen LogP contribution < -0.4 is 0 Å². The molecule has 0 aliphatic carbocycles. The fourth-order valence-electron chi connectivity index (χ4n) is 1.90. The molecule has 2 nitrogen and oxygen atoms in total. The SMILES string of the molecule is O=COCCCc1ccc(-c2ccccc2)cc1. The van der Waals surface area contributed by atoms with Gasteiger partial charge in [0.2, 0.25) is 0 Å². The van der Waals surface area contributed by atoms with E-state index in [9.17, 15) is 4.79 Å². The van der Waals surface area contributed by atoms with Crippen molar-refractivity contribution in [2.75, 3.05) is 6.61 Å². The van der Waals surface area contributed by atoms with Crippen molar-refractivity contribution in [1.29, 1.82) is 0 Å². The lowest BCUT2D eigenvalue weighted by Crippen LogP contribution is -1.94. The van der Waals surface area contributed by atoms with E-state index in [0.717, 1.165) is 12.8 Å². The first-order valence-electron chi connectivity index (χ1n) is 6.10. The Morgan fingerprint density at radius 3 is 2.22 bits per heavy atom. The van der Waals surface area contributed by atoms with Gasteiger partial charge in [-0.15, -0.1) is 0 Å². The second-order valence-electron chi connectivity index (χ2n) is 4.13. The molecular formula is C16H16O2. The summed E-state index contributed by atoms with van der Waals surface area (Å²) in [4.78, 5) is 10.00. The molecule has 0 aliphatic heterocycles. The summed E-state index contributed by atoms with van der Waals surface area (Å²) in [5.74, 6) is 0. The molecule has 18 heavy (non-hydrogen) atoms. The highest BCUT2D eigenvalue weighted by molar-refractivity contribution is 5.63. The Kier molecular flexibility index (Phi) is 4.53. The number of hydrogen-bond donors (Lipinski definition) is 0. The number of rotatable bonds is 6. The summed E-state index contributed by atoms with van der Waals surface area (Å²) in [7, 11) is 0. The van der Waals surface area contributed by atoms with Gasteiger partial charge in [-0.3, -0.25) is 4.79 Å². The molecule has 92 valence electrons. The third kappa shape index (κ3) is 3.45. The third-order valence-corrected chi connectivity index (χ3v) is 2.86. The molecule has 2 aromatic rings. The Balaban J connectivity index is 1.95. The van der Waals surface area contributed by atoms with Crippen LogP contribution in [-0.4, -0.2) is 13.1 Å². The van der Waals surface area contributed by atoms with Gasteiger partial charge in [-0.05, 0) is 29.5 Å². The smallest absolute Gasteiger partial charge is 0.293 e. The van der Waals surface area contributed by atoms with Gasteiger partial charge in [-0.2, -0.15) is 0 Å². The largest absolute Gasteiger partial charge is 0.468 e. The van der Waals surface area contributed by atoms with E-state index in [4.69, 9.17) is 0 Å². The summed E-state index contributed by atoms with van der Waals surface area (Å²) in [6.45, 7) is 0.989. The van der Waals surface area contributed by atoms with Crippen LogP contribution in [0, 0.1) is 0 Å². The van der Waals surface area contributed by atoms with Gasteiger partial charge in [-0.1, -0.05) is 54.6 Å². The van der Waals surface area contributed by atoms with Gasteiger partial charge >= 0.3 is 0 Å². The van der Waals surface area contributed by atoms with E-state index in [1.165, 1.54) is 16.7 Å². The molecule has 0 fully saturated rings. The van der Waals surface area contributed by atoms with E-state index < -0.39 is 0 Å². The summed E-state index contributed by atoms with van der Waals surface area (Å²) in [6, 6.07) is 18.8. The van der Waals surface area contributed by atoms with E-state index in [0.29, 0.717) is 13.1 Å². The normalized spacial score (nSPS) is 10.0. The van der Waals surface area contributed by atoms with Crippen molar-refractivity contribution in [3.05, 3.63) is 60.2 Å². The van der Waals surface area contributed by atoms with Crippen molar-refractivity contribution in [2.24, 2.45) is 0 Å². The Labute approximate surface area is 107 Å². The zero-order valence-corrected chi connectivity index (χ0v) is 10.2. The minimum absolute atomic E-state index is 0.490. The molecule has 0 unspecified atom stereocenters. The van der Waals surface area contributed by atoms with Crippen LogP contribution in [0.1, 0.15) is 12.0 Å². The molecule has 0 spiro atoms. The molecule has 0 aromatic heterocycles. The first kappa shape index (κ1) is 12.4. The van der Waals surface area contributed by atoms with Crippen LogP contribution in [0.5, 0.6) is 0 Å². The monoisotopic (exact) mass is 240 g/mol. The predicted octanol–water partition coefficient (Wildman–Crippen LogP) is 3.46. The van der Waals surface area contributed by atoms with Gasteiger partial charge < -0.3 is 4.74 Å². The molecule has 0 saturated carbocycles. The van der Waals surface area contributed by atoms with Gasteiger partial charge in [0.25, 0.3) is 6.47 Å². The molecule has 0 bridgehead atoms. The highest BCUT2D eigenvalue weighted by atomic mass is 16.5. The number of ether oxygens (including phenoxy) is 1. The minimum atomic E-state index is 0.490. The van der Waals surface area contributed by atoms with Gasteiger partial charge in [0, 0.05) is 0 Å². The number of aryl methyl sites for hydroxylation is 1. The summed E-state index contributed by atoms with van der Waals surface area (Å²) in [5.41, 5.74) is 3.72. The molecule has 0 amide bonds. The van der Waals surface area contributed by atoms with Crippen molar-refractivity contribution in [3.63, 3.8) is 0 Å². The fourth-order valence-corrected chi connectivity index (χ4v) is 1.90. The second-order valence-corrected chi connectivity index (χ2v) is 4.13. The van der Waals surface area contributed by atoms with Crippen LogP contribution in [-0.2, 0) is 16.0 Å². The third-order valence-electron chi connectivity index (χ3n) is 2.86. The highest BCUT2D eigenvalue weighted by Gasteiger charge is 1.97. The molecule has 0 saturated heterocycles. The Morgan fingerprint density at radius 1 is 0.889 bits per heavy atom. The van der Waals surface area contributed by atoms with Crippen LogP contribution >= 0.6 is 0 Å². The van der Waals surface area contributed by atoms with Gasteiger partial charge in [0.1, 0.15) is 0 Å². The van der Waals surface area contributed by atoms with Crippen LogP contribution in [0.25, 0.3) is 11.1 Å². The van der Waals surface area contributed by atoms with Gasteiger partial charge in [0.05, 0.1) is 6.61 Å². The lowest BCUT2D eigenvalue weighted by molar-refractivity contribution is -0.128. The summed E-state index contributed by atoms with van der Waals surface area (Å²) in [6.07, 6.45) is 1.80. The van der Waals surface area contributed by atoms with Crippen molar-refractivity contribution < 1.29 is 9.53 Å². The first-order valence-corrected chi connectivity index (χ1v) is 6.10. The van der Waals surface area contributed by atoms with Crippen LogP contribution in [0.15, 0.2) is 54.6 Å². The maximum atomic E-state index is 10.00. The van der Waals surface area contributed by atoms with E-state index in [-0.39, 0.29) is 0 Å². The van der Waals surface area contributed by atoms with Gasteiger partial charge in [0.15, 0.2) is 0 Å². The van der Waals surface area contributed by atoms with Crippen molar-refractivity contribution in [1.82, 2.24) is 0 Å². The highest BCUT2D eigenvalue weighted by Crippen LogP contribution is 2.19. The van der Waals surface area contributed by atoms with Crippen LogP contribution in [0.4, 0.5) is 0 Å². The number of carbonyl (C=O) groups excluding carboxylic acids is 1. The van der Waals surface area contributed by atoms with E-state index in [1.807, 2.05) is 18.2 Å². The summed E-state index contributed by atoms with van der Waals surface area (Å²) in [5, 5.41) is 0. The van der Waals surface area contributed by atoms with E-state index in [2.05, 4.69) is 41.1 Å². The minimum Gasteiger partial charge on any atom is -0.468 e. The molecule has 2 heteroatoms. The maximum Gasteiger partial charge on any atom is 0.293 e. The molecular weight excluding hydrogens is 224 g/mol. The van der Waals surface area contributed by atoms with Crippen LogP contribution in [0.2, 0.25) is 0 Å². The molecule has 2 aromatic carbocycles. The molecule has 0 atom stereocenters. The number of benzene rings is 2. The topological polar surface area (TPSA) is 26.3 Å². The lowest BCUT2D eigenvalue weighted by atomic mass is 10.0. The summed E-state index contributed by atoms with van der Waals surface area (Å²) < 4.78 is 4.67. The average Bonchev–Trinajstić information content (AvgIpc) is 2.45. The maximum absolute atomic E-state index is 10.00. The van der Waals surface area contributed by atoms with Gasteiger partial charge in [-0.25, -0.2) is 0 Å². The Morgan fingerprint density at radius 2 is 1.56 bits per heavy atom. The average molecular weight is 240 g/mol. The molecule has 0 N–H and O–H groups in total. The molecule has 0 heterocycles. The zero-order valence-electron chi connectivity index (χ0n) is 10.2. The van der Waals surface area contributed by atoms with Crippen molar-refractivity contribution >= 4 is 6.47 Å². The lowest BCUT2D eigenvalue weighted by Gasteiger charge is -2.04. The quantitative estimate of drug-likeness (QED) is 0.571. The first-order chi connectivity index (χ1) is 8.90. The van der Waals surface area contributed by atoms with Crippen molar-refractivity contribution in [3.8, 4) is 11.1 Å². The van der Waals surface area contributed by atoms with E-state index >= 15 is 0 Å². The second kappa shape index (κ2) is 6.60. The van der Waals surface area contributed by atoms with Crippen LogP contribution in [0.3, 0.4) is 0 Å². The molecule has 0 aliphatic rings. The summed E-state index contributed by atoms with van der Waals surface area (Å²) >= 11 is 0. The zero-order chi connectivity index (χ0) is 12.6.